The molecule has 1 unspecified atom stereocenters. The van der Waals surface area contributed by atoms with Crippen LogP contribution in [0.4, 0.5) is 0 Å². The quantitative estimate of drug-likeness (QED) is 0.612. The van der Waals surface area contributed by atoms with E-state index in [9.17, 15) is 0 Å². The monoisotopic (exact) mass is 184 g/mol. The van der Waals surface area contributed by atoms with E-state index in [2.05, 4.69) is 48.5 Å². The maximum Gasteiger partial charge on any atom is 0.0898 e. The Morgan fingerprint density at radius 2 is 1.54 bits per heavy atom. The van der Waals surface area contributed by atoms with Crippen molar-refractivity contribution in [3.8, 4) is 0 Å². The van der Waals surface area contributed by atoms with Crippen LogP contribution < -0.4 is 0 Å². The minimum atomic E-state index is 0.131. The molecule has 0 spiro atoms. The highest BCUT2D eigenvalue weighted by Crippen LogP contribution is 2.49. The summed E-state index contributed by atoms with van der Waals surface area (Å²) in [5.74, 6) is 1.35. The zero-order valence-electron chi connectivity index (χ0n) is 10.1. The van der Waals surface area contributed by atoms with Crippen LogP contribution >= 0.6 is 0 Å². The van der Waals surface area contributed by atoms with E-state index >= 15 is 0 Å². The van der Waals surface area contributed by atoms with E-state index in [0.717, 1.165) is 0 Å². The largest absolute Gasteiger partial charge is 0.366 e. The molecule has 1 fully saturated rings. The Labute approximate surface area is 82.9 Å². The summed E-state index contributed by atoms with van der Waals surface area (Å²) in [7, 11) is 0. The number of rotatable bonds is 3. The van der Waals surface area contributed by atoms with Crippen LogP contribution in [0.15, 0.2) is 0 Å². The SMILES string of the molecule is CC(C)C(C)(C)C(C)[C@@H]1OC1(C)C. The van der Waals surface area contributed by atoms with Gasteiger partial charge in [0.2, 0.25) is 0 Å². The molecule has 0 aromatic rings. The summed E-state index contributed by atoms with van der Waals surface area (Å²) in [6.45, 7) is 16.0. The molecule has 1 heteroatoms. The molecule has 1 aliphatic rings. The van der Waals surface area contributed by atoms with Crippen molar-refractivity contribution >= 4 is 0 Å². The molecule has 78 valence electrons. The van der Waals surface area contributed by atoms with Crippen molar-refractivity contribution in [2.24, 2.45) is 17.3 Å². The summed E-state index contributed by atoms with van der Waals surface area (Å²) >= 11 is 0. The molecule has 0 saturated carbocycles. The molecular formula is C12H24O. The second-order valence-corrected chi connectivity index (χ2v) is 5.91. The average molecular weight is 184 g/mol. The lowest BCUT2D eigenvalue weighted by Gasteiger charge is -2.35. The zero-order valence-corrected chi connectivity index (χ0v) is 10.1. The first-order valence-corrected chi connectivity index (χ1v) is 5.37. The molecule has 1 rings (SSSR count). The predicted molar refractivity (Wildman–Crippen MR) is 56.7 cm³/mol. The Hall–Kier alpha value is -0.0400. The van der Waals surface area contributed by atoms with Crippen LogP contribution in [0.25, 0.3) is 0 Å². The van der Waals surface area contributed by atoms with Crippen LogP contribution in [0.5, 0.6) is 0 Å². The second-order valence-electron chi connectivity index (χ2n) is 5.91. The highest BCUT2D eigenvalue weighted by atomic mass is 16.6. The Morgan fingerprint density at radius 3 is 1.77 bits per heavy atom. The number of hydrogen-bond acceptors (Lipinski definition) is 1. The van der Waals surface area contributed by atoms with Crippen molar-refractivity contribution < 1.29 is 4.74 Å². The lowest BCUT2D eigenvalue weighted by atomic mass is 9.69. The van der Waals surface area contributed by atoms with Gasteiger partial charge in [-0.05, 0) is 31.1 Å². The van der Waals surface area contributed by atoms with Crippen molar-refractivity contribution in [3.63, 3.8) is 0 Å². The third-order valence-corrected chi connectivity index (χ3v) is 4.17. The predicted octanol–water partition coefficient (Wildman–Crippen LogP) is 3.48. The lowest BCUT2D eigenvalue weighted by molar-refractivity contribution is 0.121. The molecule has 0 aliphatic carbocycles. The lowest BCUT2D eigenvalue weighted by Crippen LogP contribution is -2.33. The van der Waals surface area contributed by atoms with E-state index < -0.39 is 0 Å². The molecule has 13 heavy (non-hydrogen) atoms. The van der Waals surface area contributed by atoms with Gasteiger partial charge in [0.25, 0.3) is 0 Å². The molecule has 1 heterocycles. The first-order valence-electron chi connectivity index (χ1n) is 5.37. The normalized spacial score (nSPS) is 29.1. The molecule has 0 aromatic heterocycles. The molecule has 0 amide bonds. The number of hydrogen-bond donors (Lipinski definition) is 0. The van der Waals surface area contributed by atoms with E-state index in [1.54, 1.807) is 0 Å². The molecular weight excluding hydrogens is 160 g/mol. The highest BCUT2D eigenvalue weighted by Gasteiger charge is 2.54. The van der Waals surface area contributed by atoms with E-state index in [1.165, 1.54) is 0 Å². The minimum absolute atomic E-state index is 0.131. The first-order chi connectivity index (χ1) is 5.69. The van der Waals surface area contributed by atoms with Crippen LogP contribution in [-0.4, -0.2) is 11.7 Å². The summed E-state index contributed by atoms with van der Waals surface area (Å²) in [5.41, 5.74) is 0.504. The third kappa shape index (κ3) is 1.90. The third-order valence-electron chi connectivity index (χ3n) is 4.17. The van der Waals surface area contributed by atoms with Gasteiger partial charge in [-0.1, -0.05) is 34.6 Å². The number of epoxide rings is 1. The molecule has 0 N–H and O–H groups in total. The summed E-state index contributed by atoms with van der Waals surface area (Å²) in [4.78, 5) is 0. The van der Waals surface area contributed by atoms with Gasteiger partial charge in [-0.2, -0.15) is 0 Å². The highest BCUT2D eigenvalue weighted by molar-refractivity contribution is 5.02. The fraction of sp³-hybridized carbons (Fsp3) is 1.00. The van der Waals surface area contributed by atoms with Gasteiger partial charge in [0, 0.05) is 0 Å². The van der Waals surface area contributed by atoms with E-state index in [-0.39, 0.29) is 5.60 Å². The summed E-state index contributed by atoms with van der Waals surface area (Å²) in [5, 5.41) is 0. The van der Waals surface area contributed by atoms with Crippen LogP contribution in [0, 0.1) is 17.3 Å². The van der Waals surface area contributed by atoms with Gasteiger partial charge in [-0.3, -0.25) is 0 Å². The van der Waals surface area contributed by atoms with Crippen LogP contribution in [-0.2, 0) is 4.74 Å². The van der Waals surface area contributed by atoms with Crippen LogP contribution in [0.2, 0.25) is 0 Å². The smallest absolute Gasteiger partial charge is 0.0898 e. The molecule has 1 nitrogen and oxygen atoms in total. The summed E-state index contributed by atoms with van der Waals surface area (Å²) < 4.78 is 5.70. The molecule has 0 radical (unpaired) electrons. The average Bonchev–Trinajstić information content (AvgIpc) is 2.57. The first kappa shape index (κ1) is 11.0. The van der Waals surface area contributed by atoms with Gasteiger partial charge in [0.05, 0.1) is 11.7 Å². The van der Waals surface area contributed by atoms with E-state index in [4.69, 9.17) is 4.74 Å². The maximum absolute atomic E-state index is 5.70. The van der Waals surface area contributed by atoms with Gasteiger partial charge in [-0.15, -0.1) is 0 Å². The second kappa shape index (κ2) is 2.98. The summed E-state index contributed by atoms with van der Waals surface area (Å²) in [6.07, 6.45) is 0.463. The standard InChI is InChI=1S/C12H24O/c1-8(2)11(4,5)9(3)10-12(6,7)13-10/h8-10H,1-7H3/t9?,10-/m0/s1. The van der Waals surface area contributed by atoms with Gasteiger partial charge in [0.1, 0.15) is 0 Å². The van der Waals surface area contributed by atoms with Crippen molar-refractivity contribution in [2.75, 3.05) is 0 Å². The van der Waals surface area contributed by atoms with Gasteiger partial charge in [-0.25, -0.2) is 0 Å². The molecule has 0 bridgehead atoms. The topological polar surface area (TPSA) is 12.5 Å². The van der Waals surface area contributed by atoms with Crippen molar-refractivity contribution in [2.45, 2.75) is 60.2 Å². The zero-order chi connectivity index (χ0) is 10.4. The van der Waals surface area contributed by atoms with E-state index in [1.807, 2.05) is 0 Å². The van der Waals surface area contributed by atoms with Crippen LogP contribution in [0.1, 0.15) is 48.5 Å². The van der Waals surface area contributed by atoms with Gasteiger partial charge >= 0.3 is 0 Å². The van der Waals surface area contributed by atoms with Crippen molar-refractivity contribution in [1.29, 1.82) is 0 Å². The van der Waals surface area contributed by atoms with Crippen LogP contribution in [0.3, 0.4) is 0 Å². The molecule has 1 saturated heterocycles. The molecule has 1 aliphatic heterocycles. The minimum Gasteiger partial charge on any atom is -0.366 e. The Balaban J connectivity index is 2.63. The van der Waals surface area contributed by atoms with Crippen molar-refractivity contribution in [1.82, 2.24) is 0 Å². The number of ether oxygens (including phenoxy) is 1. The summed E-state index contributed by atoms with van der Waals surface area (Å²) in [6, 6.07) is 0. The molecule has 2 atom stereocenters. The fourth-order valence-corrected chi connectivity index (χ4v) is 1.91. The van der Waals surface area contributed by atoms with E-state index in [0.29, 0.717) is 23.4 Å². The van der Waals surface area contributed by atoms with Crippen molar-refractivity contribution in [3.05, 3.63) is 0 Å². The van der Waals surface area contributed by atoms with Gasteiger partial charge in [0.15, 0.2) is 0 Å². The Morgan fingerprint density at radius 1 is 1.15 bits per heavy atom. The molecule has 0 aromatic carbocycles. The van der Waals surface area contributed by atoms with Gasteiger partial charge < -0.3 is 4.74 Å². The fourth-order valence-electron chi connectivity index (χ4n) is 1.91. The Bertz CT molecular complexity index is 191. The maximum atomic E-state index is 5.70. The Kier molecular flexibility index (Phi) is 2.53.